The predicted octanol–water partition coefficient (Wildman–Crippen LogP) is 3.87. The molecule has 2 aromatic rings. The first-order valence-corrected chi connectivity index (χ1v) is 11.3. The van der Waals surface area contributed by atoms with Crippen LogP contribution in [0.2, 0.25) is 0 Å². The van der Waals surface area contributed by atoms with Crippen molar-refractivity contribution in [1.29, 1.82) is 0 Å². The molecule has 0 bridgehead atoms. The van der Waals surface area contributed by atoms with Gasteiger partial charge >= 0.3 is 6.18 Å². The number of likely N-dealkylation sites (tertiary alicyclic amines) is 1. The molecule has 0 radical (unpaired) electrons. The molecule has 1 aromatic heterocycles. The molecule has 2 amide bonds. The Morgan fingerprint density at radius 3 is 2.44 bits per heavy atom. The molecule has 34 heavy (non-hydrogen) atoms. The van der Waals surface area contributed by atoms with E-state index >= 15 is 0 Å². The normalized spacial score (nSPS) is 19.2. The maximum absolute atomic E-state index is 12.7. The summed E-state index contributed by atoms with van der Waals surface area (Å²) in [5, 5.41) is 2.95. The fourth-order valence-electron chi connectivity index (χ4n) is 4.31. The number of carbonyl (C=O) groups excluding carboxylic acids is 2. The van der Waals surface area contributed by atoms with Gasteiger partial charge in [0, 0.05) is 50.9 Å². The number of hydrogen-bond donors (Lipinski definition) is 1. The number of nitrogens with zero attached hydrogens (tertiary/aromatic N) is 3. The lowest BCUT2D eigenvalue weighted by Crippen LogP contribution is -2.43. The topological polar surface area (TPSA) is 74.8 Å². The van der Waals surface area contributed by atoms with Crippen LogP contribution in [0.4, 0.5) is 24.5 Å². The van der Waals surface area contributed by atoms with Gasteiger partial charge in [-0.05, 0) is 42.8 Å². The van der Waals surface area contributed by atoms with E-state index in [2.05, 4.69) is 15.2 Å². The summed E-state index contributed by atoms with van der Waals surface area (Å²) in [6.45, 7) is 1.93. The molecule has 3 heterocycles. The summed E-state index contributed by atoms with van der Waals surface area (Å²) < 4.78 is 43.2. The molecule has 7 nitrogen and oxygen atoms in total. The summed E-state index contributed by atoms with van der Waals surface area (Å²) in [4.78, 5) is 31.9. The minimum atomic E-state index is -4.49. The zero-order chi connectivity index (χ0) is 24.1. The first-order valence-electron chi connectivity index (χ1n) is 11.3. The van der Waals surface area contributed by atoms with Crippen LogP contribution in [0.25, 0.3) is 0 Å². The summed E-state index contributed by atoms with van der Waals surface area (Å²) in [5.74, 6) is -0.420. The second-order valence-electron chi connectivity index (χ2n) is 8.65. The molecule has 0 spiro atoms. The van der Waals surface area contributed by atoms with Gasteiger partial charge < -0.3 is 19.9 Å². The second kappa shape index (κ2) is 10.3. The van der Waals surface area contributed by atoms with Crippen LogP contribution in [-0.4, -0.2) is 60.2 Å². The molecule has 2 aliphatic heterocycles. The van der Waals surface area contributed by atoms with Gasteiger partial charge in [-0.25, -0.2) is 0 Å². The van der Waals surface area contributed by atoms with E-state index in [1.165, 1.54) is 4.90 Å². The number of amides is 2. The second-order valence-corrected chi connectivity index (χ2v) is 8.65. The minimum Gasteiger partial charge on any atom is -0.490 e. The van der Waals surface area contributed by atoms with Crippen LogP contribution in [0.15, 0.2) is 48.8 Å². The van der Waals surface area contributed by atoms with Gasteiger partial charge in [-0.1, -0.05) is 0 Å². The van der Waals surface area contributed by atoms with Crippen LogP contribution in [0.1, 0.15) is 25.7 Å². The fraction of sp³-hybridized carbons (Fsp3) is 0.458. The van der Waals surface area contributed by atoms with Gasteiger partial charge in [0.2, 0.25) is 11.8 Å². The van der Waals surface area contributed by atoms with Crippen LogP contribution >= 0.6 is 0 Å². The Morgan fingerprint density at radius 1 is 1.06 bits per heavy atom. The highest BCUT2D eigenvalue weighted by molar-refractivity contribution is 5.93. The van der Waals surface area contributed by atoms with Crippen LogP contribution in [0.3, 0.4) is 0 Å². The zero-order valence-corrected chi connectivity index (χ0v) is 18.6. The maximum atomic E-state index is 12.7. The summed E-state index contributed by atoms with van der Waals surface area (Å²) in [5.41, 5.74) is 1.68. The van der Waals surface area contributed by atoms with Gasteiger partial charge in [-0.3, -0.25) is 14.6 Å². The Kier molecular flexibility index (Phi) is 7.23. The van der Waals surface area contributed by atoms with Crippen LogP contribution in [0.5, 0.6) is 5.75 Å². The Labute approximate surface area is 195 Å². The highest BCUT2D eigenvalue weighted by Gasteiger charge is 2.35. The van der Waals surface area contributed by atoms with Gasteiger partial charge in [-0.2, -0.15) is 13.2 Å². The predicted molar refractivity (Wildman–Crippen MR) is 121 cm³/mol. The lowest BCUT2D eigenvalue weighted by molar-refractivity contribution is -0.162. The SMILES string of the molecule is O=C(Nc1ccc(OC2CCN(C(=O)CC(F)(F)F)CC2)cc1)[C@H]1CCN(c2cccnc2)C1. The van der Waals surface area contributed by atoms with Gasteiger partial charge in [0.05, 0.1) is 17.8 Å². The Morgan fingerprint density at radius 2 is 1.79 bits per heavy atom. The molecule has 2 fully saturated rings. The number of piperidine rings is 1. The lowest BCUT2D eigenvalue weighted by Gasteiger charge is -2.32. The third-order valence-corrected chi connectivity index (χ3v) is 6.14. The van der Waals surface area contributed by atoms with Crippen molar-refractivity contribution in [3.05, 3.63) is 48.8 Å². The summed E-state index contributed by atoms with van der Waals surface area (Å²) >= 11 is 0. The van der Waals surface area contributed by atoms with E-state index < -0.39 is 18.5 Å². The van der Waals surface area contributed by atoms with Crippen molar-refractivity contribution in [2.24, 2.45) is 5.92 Å². The van der Waals surface area contributed by atoms with Crippen LogP contribution < -0.4 is 15.0 Å². The molecule has 10 heteroatoms. The number of carbonyl (C=O) groups is 2. The molecule has 1 atom stereocenters. The molecule has 0 aliphatic carbocycles. The average Bonchev–Trinajstić information content (AvgIpc) is 3.31. The first kappa shape index (κ1) is 23.8. The van der Waals surface area contributed by atoms with E-state index in [-0.39, 0.29) is 31.0 Å². The number of benzene rings is 1. The first-order chi connectivity index (χ1) is 16.3. The molecular weight excluding hydrogens is 449 g/mol. The molecule has 0 unspecified atom stereocenters. The molecular formula is C24H27F3N4O3. The van der Waals surface area contributed by atoms with Crippen molar-refractivity contribution < 1.29 is 27.5 Å². The average molecular weight is 476 g/mol. The fourth-order valence-corrected chi connectivity index (χ4v) is 4.31. The third-order valence-electron chi connectivity index (χ3n) is 6.14. The number of ether oxygens (including phenoxy) is 1. The number of nitrogens with one attached hydrogen (secondary N) is 1. The standard InChI is InChI=1S/C24H27F3N4O3/c25-24(26,27)14-22(32)30-12-8-21(9-13-30)34-20-5-3-18(4-6-20)29-23(33)17-7-11-31(16-17)19-2-1-10-28-15-19/h1-6,10,15,17,21H,7-9,11-14,16H2,(H,29,33)/t17-/m0/s1. The number of alkyl halides is 3. The monoisotopic (exact) mass is 476 g/mol. The smallest absolute Gasteiger partial charge is 0.397 e. The molecule has 1 aromatic carbocycles. The Balaban J connectivity index is 1.22. The zero-order valence-electron chi connectivity index (χ0n) is 18.6. The quantitative estimate of drug-likeness (QED) is 0.685. The molecule has 1 N–H and O–H groups in total. The highest BCUT2D eigenvalue weighted by atomic mass is 19.4. The molecule has 2 aliphatic rings. The van der Waals surface area contributed by atoms with Gasteiger partial charge in [-0.15, -0.1) is 0 Å². The van der Waals surface area contributed by atoms with Gasteiger partial charge in [0.1, 0.15) is 18.3 Å². The number of hydrogen-bond acceptors (Lipinski definition) is 5. The van der Waals surface area contributed by atoms with Crippen LogP contribution in [0, 0.1) is 5.92 Å². The molecule has 0 saturated carbocycles. The maximum Gasteiger partial charge on any atom is 0.397 e. The largest absolute Gasteiger partial charge is 0.490 e. The van der Waals surface area contributed by atoms with Crippen molar-refractivity contribution in [2.75, 3.05) is 36.4 Å². The number of halogens is 3. The lowest BCUT2D eigenvalue weighted by atomic mass is 10.1. The number of rotatable bonds is 6. The summed E-state index contributed by atoms with van der Waals surface area (Å²) in [6, 6.07) is 10.9. The van der Waals surface area contributed by atoms with Gasteiger partial charge in [0.15, 0.2) is 0 Å². The van der Waals surface area contributed by atoms with Crippen molar-refractivity contribution >= 4 is 23.2 Å². The van der Waals surface area contributed by atoms with E-state index in [9.17, 15) is 22.8 Å². The highest BCUT2D eigenvalue weighted by Crippen LogP contribution is 2.26. The third kappa shape index (κ3) is 6.39. The van der Waals surface area contributed by atoms with Crippen molar-refractivity contribution in [1.82, 2.24) is 9.88 Å². The number of pyridine rings is 1. The van der Waals surface area contributed by atoms with Gasteiger partial charge in [0.25, 0.3) is 0 Å². The molecule has 182 valence electrons. The van der Waals surface area contributed by atoms with Crippen molar-refractivity contribution in [3.8, 4) is 5.75 Å². The molecule has 4 rings (SSSR count). The molecule has 2 saturated heterocycles. The Bertz CT molecular complexity index is 977. The minimum absolute atomic E-state index is 0.0315. The summed E-state index contributed by atoms with van der Waals surface area (Å²) in [6.07, 6.45) is -0.859. The van der Waals surface area contributed by atoms with E-state index in [0.29, 0.717) is 30.8 Å². The van der Waals surface area contributed by atoms with Crippen molar-refractivity contribution in [3.63, 3.8) is 0 Å². The van der Waals surface area contributed by atoms with E-state index in [1.54, 1.807) is 36.7 Å². The summed E-state index contributed by atoms with van der Waals surface area (Å²) in [7, 11) is 0. The number of anilines is 2. The number of aromatic nitrogens is 1. The van der Waals surface area contributed by atoms with Crippen molar-refractivity contribution in [2.45, 2.75) is 38.0 Å². The van der Waals surface area contributed by atoms with E-state index in [0.717, 1.165) is 18.7 Å². The van der Waals surface area contributed by atoms with E-state index in [1.807, 2.05) is 12.1 Å². The van der Waals surface area contributed by atoms with E-state index in [4.69, 9.17) is 4.74 Å². The Hall–Kier alpha value is -3.30. The van der Waals surface area contributed by atoms with Crippen LogP contribution in [-0.2, 0) is 9.59 Å².